The van der Waals surface area contributed by atoms with E-state index in [1.807, 2.05) is 0 Å². The van der Waals surface area contributed by atoms with Crippen LogP contribution in [0.4, 0.5) is 5.95 Å². The summed E-state index contributed by atoms with van der Waals surface area (Å²) in [4.78, 5) is 15.6. The van der Waals surface area contributed by atoms with Crippen molar-refractivity contribution >= 4 is 41.9 Å². The van der Waals surface area contributed by atoms with E-state index in [4.69, 9.17) is 0 Å². The van der Waals surface area contributed by atoms with Crippen LogP contribution in [0, 0.1) is 0 Å². The van der Waals surface area contributed by atoms with E-state index in [1.165, 1.54) is 6.33 Å². The maximum atomic E-state index is 4.37. The molecule has 1 aliphatic rings. The molecule has 3 N–H and O–H groups in total. The van der Waals surface area contributed by atoms with Crippen molar-refractivity contribution < 1.29 is 0 Å². The zero-order valence-corrected chi connectivity index (χ0v) is 11.4. The lowest BCUT2D eigenvalue weighted by Gasteiger charge is -2.23. The Bertz CT molecular complexity index is 449. The number of aromatic nitrogens is 4. The smallest absolute Gasteiger partial charge is 0.202 e. The fourth-order valence-corrected chi connectivity index (χ4v) is 1.99. The first-order chi connectivity index (χ1) is 7.92. The third-order valence-corrected chi connectivity index (χ3v) is 2.84. The zero-order valence-electron chi connectivity index (χ0n) is 9.72. The third-order valence-electron chi connectivity index (χ3n) is 2.84. The molecule has 3 rings (SSSR count). The number of halogens is 2. The predicted molar refractivity (Wildman–Crippen MR) is 75.7 cm³/mol. The molecule has 0 unspecified atom stereocenters. The topological polar surface area (TPSA) is 78.5 Å². The van der Waals surface area contributed by atoms with Crippen molar-refractivity contribution in [3.8, 4) is 0 Å². The molecule has 18 heavy (non-hydrogen) atoms. The summed E-state index contributed by atoms with van der Waals surface area (Å²) < 4.78 is 0. The highest BCUT2D eigenvalue weighted by atomic mass is 35.5. The molecule has 0 spiro atoms. The maximum absolute atomic E-state index is 4.37. The summed E-state index contributed by atoms with van der Waals surface area (Å²) in [6.45, 7) is 2.13. The second kappa shape index (κ2) is 6.72. The second-order valence-electron chi connectivity index (χ2n) is 4.01. The number of piperidine rings is 1. The van der Waals surface area contributed by atoms with Gasteiger partial charge in [0.25, 0.3) is 0 Å². The van der Waals surface area contributed by atoms with E-state index in [2.05, 4.69) is 30.6 Å². The molecule has 2 aromatic rings. The Balaban J connectivity index is 0.000000810. The third kappa shape index (κ3) is 3.22. The molecule has 0 saturated carbocycles. The van der Waals surface area contributed by atoms with Crippen LogP contribution in [0.25, 0.3) is 11.2 Å². The molecule has 0 bridgehead atoms. The van der Waals surface area contributed by atoms with Crippen molar-refractivity contribution in [2.75, 3.05) is 18.4 Å². The number of hydrogen-bond acceptors (Lipinski definition) is 5. The van der Waals surface area contributed by atoms with E-state index in [9.17, 15) is 0 Å². The molecule has 0 radical (unpaired) electrons. The number of hydrogen-bond donors (Lipinski definition) is 3. The standard InChI is InChI=1S/C10H14N6.2ClH/c1-3-11-4-2-7(1)14-10-15-8-5-12-6-13-9(8)16-10;;/h5-7,11H,1-4H2,(H2,12,13,14,15,16);2*1H. The first kappa shape index (κ1) is 14.9. The van der Waals surface area contributed by atoms with Gasteiger partial charge in [0.05, 0.1) is 6.20 Å². The van der Waals surface area contributed by atoms with Crippen LogP contribution in [0.5, 0.6) is 0 Å². The minimum absolute atomic E-state index is 0. The van der Waals surface area contributed by atoms with E-state index < -0.39 is 0 Å². The van der Waals surface area contributed by atoms with Gasteiger partial charge in [-0.2, -0.15) is 4.98 Å². The Kier molecular flexibility index (Phi) is 5.58. The molecular weight excluding hydrogens is 275 g/mol. The normalized spacial score (nSPS) is 15.8. The van der Waals surface area contributed by atoms with Gasteiger partial charge in [-0.15, -0.1) is 24.8 Å². The Labute approximate surface area is 117 Å². The van der Waals surface area contributed by atoms with Gasteiger partial charge >= 0.3 is 0 Å². The SMILES string of the molecule is Cl.Cl.c1ncc2[nH]c(NC3CCNCC3)nc2n1. The van der Waals surface area contributed by atoms with Crippen LogP contribution in [0.1, 0.15) is 12.8 Å². The number of nitrogens with zero attached hydrogens (tertiary/aromatic N) is 3. The van der Waals surface area contributed by atoms with E-state index in [1.54, 1.807) is 6.20 Å². The minimum Gasteiger partial charge on any atom is -0.353 e. The van der Waals surface area contributed by atoms with Crippen molar-refractivity contribution in [2.24, 2.45) is 0 Å². The van der Waals surface area contributed by atoms with E-state index >= 15 is 0 Å². The zero-order chi connectivity index (χ0) is 10.8. The van der Waals surface area contributed by atoms with Gasteiger partial charge in [0, 0.05) is 6.04 Å². The lowest BCUT2D eigenvalue weighted by Crippen LogP contribution is -2.35. The molecule has 100 valence electrons. The lowest BCUT2D eigenvalue weighted by molar-refractivity contribution is 0.477. The summed E-state index contributed by atoms with van der Waals surface area (Å²) in [6, 6.07) is 0.495. The van der Waals surface area contributed by atoms with Gasteiger partial charge in [-0.1, -0.05) is 0 Å². The van der Waals surface area contributed by atoms with Gasteiger partial charge in [0.2, 0.25) is 5.95 Å². The van der Waals surface area contributed by atoms with Crippen LogP contribution < -0.4 is 10.6 Å². The average molecular weight is 291 g/mol. The maximum Gasteiger partial charge on any atom is 0.202 e. The van der Waals surface area contributed by atoms with Crippen LogP contribution in [-0.4, -0.2) is 39.1 Å². The van der Waals surface area contributed by atoms with Crippen LogP contribution in [0.15, 0.2) is 12.5 Å². The number of rotatable bonds is 2. The highest BCUT2D eigenvalue weighted by Gasteiger charge is 2.14. The number of anilines is 1. The van der Waals surface area contributed by atoms with Gasteiger partial charge < -0.3 is 15.6 Å². The Morgan fingerprint density at radius 3 is 2.72 bits per heavy atom. The van der Waals surface area contributed by atoms with Crippen molar-refractivity contribution in [2.45, 2.75) is 18.9 Å². The van der Waals surface area contributed by atoms with Crippen LogP contribution in [0.2, 0.25) is 0 Å². The summed E-state index contributed by atoms with van der Waals surface area (Å²) in [6.07, 6.45) is 5.51. The number of imidazole rings is 1. The molecule has 0 atom stereocenters. The van der Waals surface area contributed by atoms with Crippen molar-refractivity contribution in [1.82, 2.24) is 25.3 Å². The Hall–Kier alpha value is -1.11. The quantitative estimate of drug-likeness (QED) is 0.778. The largest absolute Gasteiger partial charge is 0.353 e. The Morgan fingerprint density at radius 1 is 1.22 bits per heavy atom. The monoisotopic (exact) mass is 290 g/mol. The predicted octanol–water partition coefficient (Wildman–Crippen LogP) is 1.36. The molecule has 3 heterocycles. The van der Waals surface area contributed by atoms with Gasteiger partial charge in [-0.3, -0.25) is 0 Å². The Morgan fingerprint density at radius 2 is 2.00 bits per heavy atom. The van der Waals surface area contributed by atoms with Gasteiger partial charge in [-0.05, 0) is 25.9 Å². The van der Waals surface area contributed by atoms with Gasteiger partial charge in [-0.25, -0.2) is 9.97 Å². The van der Waals surface area contributed by atoms with Gasteiger partial charge in [0.1, 0.15) is 11.8 Å². The highest BCUT2D eigenvalue weighted by molar-refractivity contribution is 5.85. The van der Waals surface area contributed by atoms with Crippen LogP contribution >= 0.6 is 24.8 Å². The molecule has 0 amide bonds. The molecule has 0 aliphatic carbocycles. The molecule has 1 aliphatic heterocycles. The lowest BCUT2D eigenvalue weighted by atomic mass is 10.1. The van der Waals surface area contributed by atoms with E-state index in [-0.39, 0.29) is 24.8 Å². The molecule has 6 nitrogen and oxygen atoms in total. The van der Waals surface area contributed by atoms with E-state index in [0.29, 0.717) is 11.7 Å². The summed E-state index contributed by atoms with van der Waals surface area (Å²) in [5.41, 5.74) is 1.59. The number of fused-ring (bicyclic) bond motifs is 1. The second-order valence-corrected chi connectivity index (χ2v) is 4.01. The van der Waals surface area contributed by atoms with Gasteiger partial charge in [0.15, 0.2) is 5.65 Å². The molecular formula is C10H16Cl2N6. The van der Waals surface area contributed by atoms with Crippen molar-refractivity contribution in [3.63, 3.8) is 0 Å². The van der Waals surface area contributed by atoms with E-state index in [0.717, 1.165) is 37.4 Å². The summed E-state index contributed by atoms with van der Waals surface area (Å²) in [5, 5.41) is 6.73. The fraction of sp³-hybridized carbons (Fsp3) is 0.500. The molecule has 1 fully saturated rings. The molecule has 2 aromatic heterocycles. The summed E-state index contributed by atoms with van der Waals surface area (Å²) in [7, 11) is 0. The summed E-state index contributed by atoms with van der Waals surface area (Å²) in [5.74, 6) is 0.794. The number of aromatic amines is 1. The number of H-pyrrole nitrogens is 1. The molecule has 0 aromatic carbocycles. The highest BCUT2D eigenvalue weighted by Crippen LogP contribution is 2.13. The number of nitrogens with one attached hydrogen (secondary N) is 3. The molecule has 8 heteroatoms. The van der Waals surface area contributed by atoms with Crippen molar-refractivity contribution in [3.05, 3.63) is 12.5 Å². The minimum atomic E-state index is 0. The van der Waals surface area contributed by atoms with Crippen molar-refractivity contribution in [1.29, 1.82) is 0 Å². The summed E-state index contributed by atoms with van der Waals surface area (Å²) >= 11 is 0. The molecule has 1 saturated heterocycles. The fourth-order valence-electron chi connectivity index (χ4n) is 1.99. The first-order valence-corrected chi connectivity index (χ1v) is 5.55. The van der Waals surface area contributed by atoms with Crippen LogP contribution in [-0.2, 0) is 0 Å². The first-order valence-electron chi connectivity index (χ1n) is 5.55. The van der Waals surface area contributed by atoms with Crippen LogP contribution in [0.3, 0.4) is 0 Å². The average Bonchev–Trinajstić information content (AvgIpc) is 2.72.